The van der Waals surface area contributed by atoms with Crippen molar-refractivity contribution in [2.45, 2.75) is 19.8 Å². The van der Waals surface area contributed by atoms with Gasteiger partial charge in [0, 0.05) is 18.2 Å². The number of carbonyl (C=O) groups excluding carboxylic acids is 1. The van der Waals surface area contributed by atoms with E-state index in [0.29, 0.717) is 0 Å². The first-order valence-corrected chi connectivity index (χ1v) is 6.67. The third-order valence-corrected chi connectivity index (χ3v) is 3.33. The number of carbonyl (C=O) groups is 1. The van der Waals surface area contributed by atoms with Gasteiger partial charge in [0.15, 0.2) is 5.82 Å². The van der Waals surface area contributed by atoms with Crippen molar-refractivity contribution in [3.63, 3.8) is 0 Å². The van der Waals surface area contributed by atoms with E-state index in [9.17, 15) is 13.2 Å². The highest BCUT2D eigenvalue weighted by atomic mass is 32.2. The SMILES string of the molecule is COC(=O)CCCS(=O)(=O)Nc1cc(C)[nH]n1. The standard InChI is InChI=1S/C9H15N3O4S/c1-7-6-8(11-10-7)12-17(14,15)5-3-4-9(13)16-2/h6H,3-5H2,1-2H3,(H2,10,11,12). The van der Waals surface area contributed by atoms with Crippen LogP contribution >= 0.6 is 0 Å². The Morgan fingerprint density at radius 2 is 2.29 bits per heavy atom. The maximum atomic E-state index is 11.6. The van der Waals surface area contributed by atoms with E-state index in [-0.39, 0.29) is 24.4 Å². The number of hydrogen-bond donors (Lipinski definition) is 2. The van der Waals surface area contributed by atoms with Gasteiger partial charge in [-0.1, -0.05) is 0 Å². The molecule has 17 heavy (non-hydrogen) atoms. The molecule has 2 N–H and O–H groups in total. The summed E-state index contributed by atoms with van der Waals surface area (Å²) >= 11 is 0. The number of rotatable bonds is 6. The summed E-state index contributed by atoms with van der Waals surface area (Å²) in [5.41, 5.74) is 0.761. The smallest absolute Gasteiger partial charge is 0.305 e. The minimum atomic E-state index is -3.47. The number of aromatic nitrogens is 2. The van der Waals surface area contributed by atoms with Gasteiger partial charge in [0.05, 0.1) is 12.9 Å². The number of sulfonamides is 1. The maximum absolute atomic E-state index is 11.6. The number of nitrogens with one attached hydrogen (secondary N) is 2. The molecule has 8 heteroatoms. The fourth-order valence-corrected chi connectivity index (χ4v) is 2.24. The van der Waals surface area contributed by atoms with Crippen LogP contribution in [0.25, 0.3) is 0 Å². The molecule has 0 aliphatic carbocycles. The van der Waals surface area contributed by atoms with E-state index in [4.69, 9.17) is 0 Å². The van der Waals surface area contributed by atoms with Gasteiger partial charge in [-0.2, -0.15) is 5.10 Å². The van der Waals surface area contributed by atoms with E-state index in [1.54, 1.807) is 13.0 Å². The average Bonchev–Trinajstić information content (AvgIpc) is 2.62. The van der Waals surface area contributed by atoms with Gasteiger partial charge in [-0.15, -0.1) is 0 Å². The summed E-state index contributed by atoms with van der Waals surface area (Å²) in [6, 6.07) is 1.58. The molecule has 0 saturated carbocycles. The Hall–Kier alpha value is -1.57. The number of nitrogens with zero attached hydrogens (tertiary/aromatic N) is 1. The Morgan fingerprint density at radius 3 is 2.82 bits per heavy atom. The normalized spacial score (nSPS) is 11.2. The van der Waals surface area contributed by atoms with Gasteiger partial charge in [0.25, 0.3) is 0 Å². The van der Waals surface area contributed by atoms with E-state index in [2.05, 4.69) is 19.7 Å². The van der Waals surface area contributed by atoms with E-state index >= 15 is 0 Å². The predicted octanol–water partition coefficient (Wildman–Crippen LogP) is 0.413. The molecule has 0 spiro atoms. The van der Waals surface area contributed by atoms with E-state index in [0.717, 1.165) is 5.69 Å². The lowest BCUT2D eigenvalue weighted by Gasteiger charge is -2.04. The summed E-state index contributed by atoms with van der Waals surface area (Å²) in [5.74, 6) is -0.315. The number of esters is 1. The predicted molar refractivity (Wildman–Crippen MR) is 62.0 cm³/mol. The van der Waals surface area contributed by atoms with Gasteiger partial charge in [0.1, 0.15) is 0 Å². The van der Waals surface area contributed by atoms with Crippen LogP contribution < -0.4 is 4.72 Å². The maximum Gasteiger partial charge on any atom is 0.305 e. The highest BCUT2D eigenvalue weighted by Gasteiger charge is 2.13. The number of hydrogen-bond acceptors (Lipinski definition) is 5. The zero-order chi connectivity index (χ0) is 12.9. The van der Waals surface area contributed by atoms with Crippen molar-refractivity contribution in [3.8, 4) is 0 Å². The monoisotopic (exact) mass is 261 g/mol. The molecule has 0 amide bonds. The van der Waals surface area contributed by atoms with Crippen LogP contribution in [0.5, 0.6) is 0 Å². The molecule has 0 aromatic carbocycles. The Kier molecular flexibility index (Phi) is 4.50. The lowest BCUT2D eigenvalue weighted by atomic mass is 10.3. The Balaban J connectivity index is 2.44. The fourth-order valence-electron chi connectivity index (χ4n) is 1.19. The van der Waals surface area contributed by atoms with Crippen molar-refractivity contribution in [2.75, 3.05) is 17.6 Å². The van der Waals surface area contributed by atoms with E-state index in [1.165, 1.54) is 7.11 Å². The highest BCUT2D eigenvalue weighted by Crippen LogP contribution is 2.07. The van der Waals surface area contributed by atoms with Gasteiger partial charge >= 0.3 is 5.97 Å². The molecular weight excluding hydrogens is 246 g/mol. The molecule has 1 rings (SSSR count). The molecule has 7 nitrogen and oxygen atoms in total. The van der Waals surface area contributed by atoms with Crippen molar-refractivity contribution >= 4 is 21.8 Å². The number of ether oxygens (including phenoxy) is 1. The first-order chi connectivity index (χ1) is 7.93. The van der Waals surface area contributed by atoms with Crippen LogP contribution in [0, 0.1) is 6.92 Å². The Bertz CT molecular complexity index is 480. The summed E-state index contributed by atoms with van der Waals surface area (Å²) in [4.78, 5) is 10.8. The van der Waals surface area contributed by atoms with Crippen molar-refractivity contribution in [1.82, 2.24) is 10.2 Å². The van der Waals surface area contributed by atoms with Gasteiger partial charge in [0.2, 0.25) is 10.0 Å². The van der Waals surface area contributed by atoms with Crippen LogP contribution in [-0.4, -0.2) is 37.4 Å². The largest absolute Gasteiger partial charge is 0.469 e. The summed E-state index contributed by atoms with van der Waals surface area (Å²) in [6.07, 6.45) is 0.294. The van der Waals surface area contributed by atoms with Gasteiger partial charge in [-0.25, -0.2) is 8.42 Å². The summed E-state index contributed by atoms with van der Waals surface area (Å²) < 4.78 is 29.8. The molecule has 0 unspecified atom stereocenters. The zero-order valence-electron chi connectivity index (χ0n) is 9.69. The lowest BCUT2D eigenvalue weighted by molar-refractivity contribution is -0.140. The van der Waals surface area contributed by atoms with Crippen LogP contribution in [0.3, 0.4) is 0 Å². The number of H-pyrrole nitrogens is 1. The van der Waals surface area contributed by atoms with Crippen LogP contribution in [0.4, 0.5) is 5.82 Å². The Labute approximate surface area is 99.6 Å². The molecule has 1 aromatic rings. The first-order valence-electron chi connectivity index (χ1n) is 5.02. The minimum Gasteiger partial charge on any atom is -0.469 e. The molecule has 0 saturated heterocycles. The van der Waals surface area contributed by atoms with Crippen molar-refractivity contribution in [2.24, 2.45) is 0 Å². The molecule has 0 aliphatic rings. The van der Waals surface area contributed by atoms with E-state index in [1.807, 2.05) is 0 Å². The van der Waals surface area contributed by atoms with Gasteiger partial charge in [-0.05, 0) is 13.3 Å². The van der Waals surface area contributed by atoms with E-state index < -0.39 is 16.0 Å². The molecule has 0 atom stereocenters. The lowest BCUT2D eigenvalue weighted by Crippen LogP contribution is -2.17. The first kappa shape index (κ1) is 13.5. The number of anilines is 1. The van der Waals surface area contributed by atoms with Crippen LogP contribution in [0.1, 0.15) is 18.5 Å². The van der Waals surface area contributed by atoms with Crippen LogP contribution in [0.15, 0.2) is 6.07 Å². The van der Waals surface area contributed by atoms with Crippen molar-refractivity contribution < 1.29 is 17.9 Å². The summed E-state index contributed by atoms with van der Waals surface area (Å²) in [6.45, 7) is 1.77. The molecule has 0 aliphatic heterocycles. The van der Waals surface area contributed by atoms with Gasteiger partial charge in [-0.3, -0.25) is 14.6 Å². The second-order valence-corrected chi connectivity index (χ2v) is 5.38. The average molecular weight is 261 g/mol. The Morgan fingerprint density at radius 1 is 1.59 bits per heavy atom. The second-order valence-electron chi connectivity index (χ2n) is 3.54. The zero-order valence-corrected chi connectivity index (χ0v) is 10.5. The number of methoxy groups -OCH3 is 1. The van der Waals surface area contributed by atoms with Crippen molar-refractivity contribution in [3.05, 3.63) is 11.8 Å². The highest BCUT2D eigenvalue weighted by molar-refractivity contribution is 7.92. The van der Waals surface area contributed by atoms with Crippen molar-refractivity contribution in [1.29, 1.82) is 0 Å². The third kappa shape index (κ3) is 4.85. The molecule has 1 aromatic heterocycles. The number of aryl methyl sites for hydroxylation is 1. The summed E-state index contributed by atoms with van der Waals surface area (Å²) in [7, 11) is -2.20. The topological polar surface area (TPSA) is 101 Å². The fraction of sp³-hybridized carbons (Fsp3) is 0.556. The number of aromatic amines is 1. The molecule has 0 radical (unpaired) electrons. The molecule has 96 valence electrons. The minimum absolute atomic E-state index is 0.0804. The van der Waals surface area contributed by atoms with Gasteiger partial charge < -0.3 is 4.74 Å². The second kappa shape index (κ2) is 5.67. The molecule has 0 bridgehead atoms. The van der Waals surface area contributed by atoms with Crippen LogP contribution in [-0.2, 0) is 19.6 Å². The quantitative estimate of drug-likeness (QED) is 0.722. The molecule has 0 fully saturated rings. The molecular formula is C9H15N3O4S. The summed E-state index contributed by atoms with van der Waals surface area (Å²) in [5, 5.41) is 6.38. The van der Waals surface area contributed by atoms with Crippen LogP contribution in [0.2, 0.25) is 0 Å². The molecule has 1 heterocycles. The third-order valence-electron chi connectivity index (χ3n) is 1.99.